The third-order valence-electron chi connectivity index (χ3n) is 2.42. The first kappa shape index (κ1) is 11.8. The largest absolute Gasteiger partial charge is 0.383 e. The Labute approximate surface area is 92.4 Å². The van der Waals surface area contributed by atoms with E-state index >= 15 is 0 Å². The molecule has 0 unspecified atom stereocenters. The van der Waals surface area contributed by atoms with E-state index in [2.05, 4.69) is 22.9 Å². The van der Waals surface area contributed by atoms with Crippen molar-refractivity contribution in [1.82, 2.24) is 4.98 Å². The van der Waals surface area contributed by atoms with Gasteiger partial charge in [-0.15, -0.1) is 0 Å². The Morgan fingerprint density at radius 2 is 2.13 bits per heavy atom. The minimum atomic E-state index is 1.03. The van der Waals surface area contributed by atoms with Gasteiger partial charge in [-0.3, -0.25) is 4.98 Å². The summed E-state index contributed by atoms with van der Waals surface area (Å²) < 4.78 is 0. The fourth-order valence-corrected chi connectivity index (χ4v) is 1.72. The summed E-state index contributed by atoms with van der Waals surface area (Å²) >= 11 is 0. The maximum Gasteiger partial charge on any atom is 0.0660 e. The van der Waals surface area contributed by atoms with E-state index in [0.29, 0.717) is 0 Å². The molecule has 0 amide bonds. The molecule has 1 aromatic heterocycles. The van der Waals surface area contributed by atoms with Crippen molar-refractivity contribution in [2.24, 2.45) is 0 Å². The molecule has 1 aliphatic heterocycles. The molecule has 2 nitrogen and oxygen atoms in total. The lowest BCUT2D eigenvalue weighted by molar-refractivity contribution is 1.10. The van der Waals surface area contributed by atoms with Gasteiger partial charge in [0.05, 0.1) is 17.1 Å². The van der Waals surface area contributed by atoms with Gasteiger partial charge in [-0.25, -0.2) is 0 Å². The Hall–Kier alpha value is -1.31. The van der Waals surface area contributed by atoms with Crippen molar-refractivity contribution >= 4 is 11.3 Å². The molecular weight excluding hydrogens is 184 g/mol. The summed E-state index contributed by atoms with van der Waals surface area (Å²) in [5.74, 6) is 0. The lowest BCUT2D eigenvalue weighted by Gasteiger charge is -2.06. The van der Waals surface area contributed by atoms with Crippen LogP contribution < -0.4 is 5.32 Å². The van der Waals surface area contributed by atoms with Crippen LogP contribution in [0.4, 0.5) is 5.69 Å². The molecule has 0 spiro atoms. The van der Waals surface area contributed by atoms with Gasteiger partial charge in [-0.1, -0.05) is 20.4 Å². The smallest absolute Gasteiger partial charge is 0.0660 e. The van der Waals surface area contributed by atoms with Crippen molar-refractivity contribution in [1.29, 1.82) is 0 Å². The highest BCUT2D eigenvalue weighted by atomic mass is 14.9. The van der Waals surface area contributed by atoms with E-state index in [-0.39, 0.29) is 0 Å². The number of allylic oxidation sites excluding steroid dienone is 1. The lowest BCUT2D eigenvalue weighted by atomic mass is 10.1. The van der Waals surface area contributed by atoms with Crippen molar-refractivity contribution in [2.45, 2.75) is 34.1 Å². The van der Waals surface area contributed by atoms with Crippen LogP contribution in [0.2, 0.25) is 0 Å². The van der Waals surface area contributed by atoms with E-state index in [1.807, 2.05) is 27.7 Å². The number of hydrogen-bond acceptors (Lipinski definition) is 2. The first-order valence-electron chi connectivity index (χ1n) is 5.59. The molecule has 15 heavy (non-hydrogen) atoms. The minimum Gasteiger partial charge on any atom is -0.383 e. The second-order valence-corrected chi connectivity index (χ2v) is 3.58. The highest BCUT2D eigenvalue weighted by molar-refractivity contribution is 5.66. The average Bonchev–Trinajstić information content (AvgIpc) is 2.69. The molecule has 2 heteroatoms. The summed E-state index contributed by atoms with van der Waals surface area (Å²) in [5, 5.41) is 3.34. The number of hydrogen-bond donors (Lipinski definition) is 1. The van der Waals surface area contributed by atoms with Gasteiger partial charge in [0.2, 0.25) is 0 Å². The quantitative estimate of drug-likeness (QED) is 0.758. The predicted octanol–water partition coefficient (Wildman–Crippen LogP) is 3.42. The fourth-order valence-electron chi connectivity index (χ4n) is 1.72. The van der Waals surface area contributed by atoms with Crippen molar-refractivity contribution < 1.29 is 0 Å². The maximum atomic E-state index is 4.48. The number of fused-ring (bicyclic) bond motifs is 1. The van der Waals surface area contributed by atoms with E-state index in [4.69, 9.17) is 0 Å². The summed E-state index contributed by atoms with van der Waals surface area (Å²) in [7, 11) is 0. The van der Waals surface area contributed by atoms with Crippen LogP contribution in [-0.4, -0.2) is 11.5 Å². The van der Waals surface area contributed by atoms with Gasteiger partial charge < -0.3 is 5.32 Å². The summed E-state index contributed by atoms with van der Waals surface area (Å²) in [6, 6.07) is 2.14. The Bertz CT molecular complexity index is 367. The zero-order chi connectivity index (χ0) is 11.4. The Balaban J connectivity index is 0.000000531. The Kier molecular flexibility index (Phi) is 3.89. The normalized spacial score (nSPS) is 12.3. The monoisotopic (exact) mass is 204 g/mol. The van der Waals surface area contributed by atoms with Crippen LogP contribution in [0.15, 0.2) is 12.6 Å². The van der Waals surface area contributed by atoms with E-state index in [9.17, 15) is 0 Å². The molecule has 1 aromatic rings. The molecule has 2 heterocycles. The van der Waals surface area contributed by atoms with Gasteiger partial charge >= 0.3 is 0 Å². The van der Waals surface area contributed by atoms with Gasteiger partial charge in [0, 0.05) is 6.54 Å². The van der Waals surface area contributed by atoms with Gasteiger partial charge in [-0.2, -0.15) is 0 Å². The number of rotatable bonds is 1. The van der Waals surface area contributed by atoms with Crippen LogP contribution in [0.1, 0.15) is 37.7 Å². The highest BCUT2D eigenvalue weighted by Crippen LogP contribution is 2.27. The van der Waals surface area contributed by atoms with Gasteiger partial charge in [0.1, 0.15) is 0 Å². The molecular formula is C13H20N2. The average molecular weight is 204 g/mol. The zero-order valence-corrected chi connectivity index (χ0v) is 10.1. The number of anilines is 1. The second kappa shape index (κ2) is 4.96. The summed E-state index contributed by atoms with van der Waals surface area (Å²) in [6.07, 6.45) is 1.11. The maximum absolute atomic E-state index is 4.48. The van der Waals surface area contributed by atoms with E-state index < -0.39 is 0 Å². The van der Waals surface area contributed by atoms with Crippen LogP contribution in [0, 0.1) is 6.92 Å². The van der Waals surface area contributed by atoms with Crippen LogP contribution in [0.5, 0.6) is 0 Å². The Morgan fingerprint density at radius 1 is 1.47 bits per heavy atom. The highest BCUT2D eigenvalue weighted by Gasteiger charge is 2.14. The van der Waals surface area contributed by atoms with Gasteiger partial charge in [-0.05, 0) is 37.5 Å². The second-order valence-electron chi connectivity index (χ2n) is 3.58. The van der Waals surface area contributed by atoms with Crippen LogP contribution in [0.25, 0.3) is 5.57 Å². The summed E-state index contributed by atoms with van der Waals surface area (Å²) in [4.78, 5) is 4.48. The molecule has 82 valence electrons. The van der Waals surface area contributed by atoms with Crippen molar-refractivity contribution in [3.63, 3.8) is 0 Å². The molecule has 1 N–H and O–H groups in total. The minimum absolute atomic E-state index is 1.03. The SMILES string of the molecule is C=C(C)c1cc2c(c(C)n1)NCC2.CC. The number of pyridine rings is 1. The van der Waals surface area contributed by atoms with Crippen molar-refractivity contribution in [2.75, 3.05) is 11.9 Å². The number of aromatic nitrogens is 1. The molecule has 0 saturated heterocycles. The first-order chi connectivity index (χ1) is 7.18. The molecule has 2 rings (SSSR count). The number of nitrogens with zero attached hydrogens (tertiary/aromatic N) is 1. The number of aryl methyl sites for hydroxylation is 1. The van der Waals surface area contributed by atoms with E-state index in [1.165, 1.54) is 11.3 Å². The standard InChI is InChI=1S/C11H14N2.C2H6/c1-7(2)10-6-9-4-5-12-11(9)8(3)13-10;1-2/h6,12H,1,4-5H2,2-3H3;1-2H3. The predicted molar refractivity (Wildman–Crippen MR) is 67.2 cm³/mol. The molecule has 0 atom stereocenters. The number of nitrogens with one attached hydrogen (secondary N) is 1. The summed E-state index contributed by atoms with van der Waals surface area (Å²) in [5.41, 5.74) is 5.77. The van der Waals surface area contributed by atoms with Crippen LogP contribution in [-0.2, 0) is 6.42 Å². The van der Waals surface area contributed by atoms with Crippen LogP contribution >= 0.6 is 0 Å². The van der Waals surface area contributed by atoms with Crippen molar-refractivity contribution in [3.05, 3.63) is 29.6 Å². The molecule has 0 saturated carbocycles. The molecule has 0 aromatic carbocycles. The Morgan fingerprint density at radius 3 is 2.73 bits per heavy atom. The zero-order valence-electron chi connectivity index (χ0n) is 10.1. The molecule has 0 aliphatic carbocycles. The molecule has 1 aliphatic rings. The van der Waals surface area contributed by atoms with E-state index in [1.54, 1.807) is 0 Å². The molecule has 0 fully saturated rings. The van der Waals surface area contributed by atoms with Gasteiger partial charge in [0.15, 0.2) is 0 Å². The molecule has 0 bridgehead atoms. The third kappa shape index (κ3) is 2.38. The first-order valence-corrected chi connectivity index (χ1v) is 5.59. The fraction of sp³-hybridized carbons (Fsp3) is 0.462. The van der Waals surface area contributed by atoms with Crippen LogP contribution in [0.3, 0.4) is 0 Å². The van der Waals surface area contributed by atoms with E-state index in [0.717, 1.165) is 29.9 Å². The van der Waals surface area contributed by atoms with Gasteiger partial charge in [0.25, 0.3) is 0 Å². The molecule has 0 radical (unpaired) electrons. The third-order valence-corrected chi connectivity index (χ3v) is 2.42. The van der Waals surface area contributed by atoms with Crippen molar-refractivity contribution in [3.8, 4) is 0 Å². The summed E-state index contributed by atoms with van der Waals surface area (Å²) in [6.45, 7) is 13.0. The topological polar surface area (TPSA) is 24.9 Å². The lowest BCUT2D eigenvalue weighted by Crippen LogP contribution is -1.96.